The Morgan fingerprint density at radius 1 is 1.50 bits per heavy atom. The first kappa shape index (κ1) is 16.8. The number of likely N-dealkylation sites (tertiary alicyclic amines) is 1. The number of aromatic nitrogens is 2. The fourth-order valence-electron chi connectivity index (χ4n) is 2.58. The molecule has 0 aliphatic carbocycles. The molecule has 124 valence electrons. The molecule has 2 heterocycles. The van der Waals surface area contributed by atoms with Gasteiger partial charge in [0.1, 0.15) is 5.69 Å². The zero-order valence-corrected chi connectivity index (χ0v) is 12.7. The Bertz CT molecular complexity index is 512. The lowest BCUT2D eigenvalue weighted by atomic mass is 10.1. The van der Waals surface area contributed by atoms with Crippen LogP contribution in [-0.4, -0.2) is 52.4 Å². The lowest BCUT2D eigenvalue weighted by molar-refractivity contribution is -0.148. The number of carbonyl (C=O) groups excluding carboxylic acids is 1. The van der Waals surface area contributed by atoms with Crippen molar-refractivity contribution in [1.29, 1.82) is 0 Å². The molecule has 0 spiro atoms. The molecule has 1 amide bonds. The van der Waals surface area contributed by atoms with E-state index in [2.05, 4.69) is 10.4 Å². The van der Waals surface area contributed by atoms with Gasteiger partial charge in [0.05, 0.1) is 6.54 Å². The van der Waals surface area contributed by atoms with Gasteiger partial charge in [0, 0.05) is 24.8 Å². The maximum Gasteiger partial charge on any atom is 0.401 e. The normalized spacial score (nSPS) is 20.4. The summed E-state index contributed by atoms with van der Waals surface area (Å²) >= 11 is 0. The van der Waals surface area contributed by atoms with Gasteiger partial charge in [0.2, 0.25) is 0 Å². The van der Waals surface area contributed by atoms with E-state index in [1.807, 2.05) is 13.8 Å². The Morgan fingerprint density at radius 2 is 2.23 bits per heavy atom. The second-order valence-corrected chi connectivity index (χ2v) is 5.94. The zero-order chi connectivity index (χ0) is 16.3. The van der Waals surface area contributed by atoms with Crippen LogP contribution in [0.5, 0.6) is 0 Å². The van der Waals surface area contributed by atoms with Gasteiger partial charge in [0.25, 0.3) is 5.91 Å². The van der Waals surface area contributed by atoms with Crippen LogP contribution in [0.1, 0.15) is 43.2 Å². The monoisotopic (exact) mass is 318 g/mol. The fraction of sp³-hybridized carbons (Fsp3) is 0.714. The quantitative estimate of drug-likeness (QED) is 0.926. The van der Waals surface area contributed by atoms with Crippen molar-refractivity contribution in [2.24, 2.45) is 0 Å². The Balaban J connectivity index is 1.90. The highest BCUT2D eigenvalue weighted by Crippen LogP contribution is 2.20. The summed E-state index contributed by atoms with van der Waals surface area (Å²) in [6, 6.07) is 1.50. The van der Waals surface area contributed by atoms with E-state index in [0.29, 0.717) is 25.1 Å². The summed E-state index contributed by atoms with van der Waals surface area (Å²) in [6.07, 6.45) is -1.16. The highest BCUT2D eigenvalue weighted by Gasteiger charge is 2.33. The Labute approximate surface area is 127 Å². The van der Waals surface area contributed by atoms with Crippen molar-refractivity contribution in [3.8, 4) is 0 Å². The van der Waals surface area contributed by atoms with Crippen molar-refractivity contribution in [1.82, 2.24) is 20.0 Å². The predicted molar refractivity (Wildman–Crippen MR) is 75.6 cm³/mol. The molecule has 1 N–H and O–H groups in total. The van der Waals surface area contributed by atoms with E-state index < -0.39 is 12.7 Å². The molecule has 1 aliphatic rings. The molecular weight excluding hydrogens is 297 g/mol. The van der Waals surface area contributed by atoms with Gasteiger partial charge in [-0.2, -0.15) is 18.3 Å². The van der Waals surface area contributed by atoms with Gasteiger partial charge in [-0.05, 0) is 39.3 Å². The lowest BCUT2D eigenvalue weighted by Crippen LogP contribution is -2.50. The van der Waals surface area contributed by atoms with Crippen molar-refractivity contribution < 1.29 is 18.0 Å². The standard InChI is InChI=1S/C14H21F3N4O/c1-10(2)21-7-5-12(19-21)13(22)18-11-4-3-6-20(8-11)9-14(15,16)17/h5,7,10-11H,3-4,6,8-9H2,1-2H3,(H,18,22). The van der Waals surface area contributed by atoms with E-state index in [-0.39, 0.29) is 24.5 Å². The average molecular weight is 318 g/mol. The molecule has 1 unspecified atom stereocenters. The number of carbonyl (C=O) groups is 1. The fourth-order valence-corrected chi connectivity index (χ4v) is 2.58. The summed E-state index contributed by atoms with van der Waals surface area (Å²) in [5.74, 6) is -0.335. The second-order valence-electron chi connectivity index (χ2n) is 5.94. The van der Waals surface area contributed by atoms with Gasteiger partial charge in [-0.3, -0.25) is 14.4 Å². The van der Waals surface area contributed by atoms with Crippen molar-refractivity contribution in [3.63, 3.8) is 0 Å². The zero-order valence-electron chi connectivity index (χ0n) is 12.7. The van der Waals surface area contributed by atoms with E-state index >= 15 is 0 Å². The molecule has 2 rings (SSSR count). The lowest BCUT2D eigenvalue weighted by Gasteiger charge is -2.33. The number of nitrogens with zero attached hydrogens (tertiary/aromatic N) is 3. The van der Waals surface area contributed by atoms with Gasteiger partial charge in [-0.15, -0.1) is 0 Å². The van der Waals surface area contributed by atoms with Gasteiger partial charge in [-0.1, -0.05) is 0 Å². The Morgan fingerprint density at radius 3 is 2.82 bits per heavy atom. The SMILES string of the molecule is CC(C)n1ccc(C(=O)NC2CCCN(CC(F)(F)F)C2)n1. The summed E-state index contributed by atoms with van der Waals surface area (Å²) in [5.41, 5.74) is 0.293. The van der Waals surface area contributed by atoms with Gasteiger partial charge >= 0.3 is 6.18 Å². The van der Waals surface area contributed by atoms with Crippen LogP contribution < -0.4 is 5.32 Å². The molecule has 0 radical (unpaired) electrons. The number of rotatable bonds is 4. The highest BCUT2D eigenvalue weighted by molar-refractivity contribution is 5.92. The number of nitrogens with one attached hydrogen (secondary N) is 1. The number of amides is 1. The first-order chi connectivity index (χ1) is 10.2. The van der Waals surface area contributed by atoms with Gasteiger partial charge < -0.3 is 5.32 Å². The molecule has 1 aromatic rings. The highest BCUT2D eigenvalue weighted by atomic mass is 19.4. The molecule has 0 bridgehead atoms. The van der Waals surface area contributed by atoms with Crippen LogP contribution >= 0.6 is 0 Å². The predicted octanol–water partition coefficient (Wildman–Crippen LogP) is 2.22. The van der Waals surface area contributed by atoms with E-state index in [9.17, 15) is 18.0 Å². The number of halogens is 3. The van der Waals surface area contributed by atoms with Crippen LogP contribution in [0.4, 0.5) is 13.2 Å². The molecular formula is C14H21F3N4O. The van der Waals surface area contributed by atoms with Gasteiger partial charge in [0.15, 0.2) is 0 Å². The van der Waals surface area contributed by atoms with Crippen LogP contribution in [-0.2, 0) is 0 Å². The van der Waals surface area contributed by atoms with Crippen LogP contribution in [0.2, 0.25) is 0 Å². The van der Waals surface area contributed by atoms with Crippen LogP contribution in [0.3, 0.4) is 0 Å². The molecule has 8 heteroatoms. The first-order valence-corrected chi connectivity index (χ1v) is 7.40. The topological polar surface area (TPSA) is 50.2 Å². The largest absolute Gasteiger partial charge is 0.401 e. The van der Waals surface area contributed by atoms with Crippen LogP contribution in [0, 0.1) is 0 Å². The summed E-state index contributed by atoms with van der Waals surface area (Å²) < 4.78 is 39.0. The van der Waals surface area contributed by atoms with Crippen LogP contribution in [0.25, 0.3) is 0 Å². The number of hydrogen-bond acceptors (Lipinski definition) is 3. The maximum absolute atomic E-state index is 12.4. The third kappa shape index (κ3) is 4.72. The summed E-state index contributed by atoms with van der Waals surface area (Å²) in [5, 5.41) is 6.94. The third-order valence-corrected chi connectivity index (χ3v) is 3.61. The second kappa shape index (κ2) is 6.68. The van der Waals surface area contributed by atoms with Crippen molar-refractivity contribution in [3.05, 3.63) is 18.0 Å². The molecule has 0 aromatic carbocycles. The molecule has 5 nitrogen and oxygen atoms in total. The Kier molecular flexibility index (Phi) is 5.10. The van der Waals surface area contributed by atoms with Crippen molar-refractivity contribution >= 4 is 5.91 Å². The average Bonchev–Trinajstić information content (AvgIpc) is 2.86. The van der Waals surface area contributed by atoms with E-state index in [4.69, 9.17) is 0 Å². The van der Waals surface area contributed by atoms with Crippen molar-refractivity contribution in [2.75, 3.05) is 19.6 Å². The minimum Gasteiger partial charge on any atom is -0.347 e. The number of hydrogen-bond donors (Lipinski definition) is 1. The molecule has 1 aliphatic heterocycles. The van der Waals surface area contributed by atoms with E-state index in [1.54, 1.807) is 16.9 Å². The molecule has 1 atom stereocenters. The Hall–Kier alpha value is -1.57. The number of piperidine rings is 1. The maximum atomic E-state index is 12.4. The van der Waals surface area contributed by atoms with Crippen molar-refractivity contribution in [2.45, 2.75) is 44.9 Å². The third-order valence-electron chi connectivity index (χ3n) is 3.61. The molecule has 1 saturated heterocycles. The number of alkyl halides is 3. The molecule has 22 heavy (non-hydrogen) atoms. The summed E-state index contributed by atoms with van der Waals surface area (Å²) in [6.45, 7) is 3.60. The minimum atomic E-state index is -4.21. The van der Waals surface area contributed by atoms with E-state index in [0.717, 1.165) is 0 Å². The first-order valence-electron chi connectivity index (χ1n) is 7.40. The van der Waals surface area contributed by atoms with Crippen LogP contribution in [0.15, 0.2) is 12.3 Å². The summed E-state index contributed by atoms with van der Waals surface area (Å²) in [7, 11) is 0. The molecule has 1 fully saturated rings. The van der Waals surface area contributed by atoms with Gasteiger partial charge in [-0.25, -0.2) is 0 Å². The molecule has 0 saturated carbocycles. The smallest absolute Gasteiger partial charge is 0.347 e. The molecule has 1 aromatic heterocycles. The minimum absolute atomic E-state index is 0.151. The summed E-state index contributed by atoms with van der Waals surface area (Å²) in [4.78, 5) is 13.4. The van der Waals surface area contributed by atoms with E-state index in [1.165, 1.54) is 4.90 Å².